The highest BCUT2D eigenvalue weighted by atomic mass is 35.5. The Balaban J connectivity index is 1.43. The number of para-hydroxylation sites is 1. The summed E-state index contributed by atoms with van der Waals surface area (Å²) in [7, 11) is 0. The van der Waals surface area contributed by atoms with Crippen LogP contribution >= 0.6 is 34.5 Å². The molecule has 0 amide bonds. The first kappa shape index (κ1) is 25.3. The Hall–Kier alpha value is -3.32. The summed E-state index contributed by atoms with van der Waals surface area (Å²) >= 11 is 14.2. The normalized spacial score (nSPS) is 11.4. The van der Waals surface area contributed by atoms with E-state index in [2.05, 4.69) is 18.9 Å². The number of carboxylic acids is 1. The molecule has 0 unspecified atom stereocenters. The van der Waals surface area contributed by atoms with Crippen LogP contribution in [0, 0.1) is 6.92 Å². The average Bonchev–Trinajstić information content (AvgIpc) is 3.47. The number of aromatic carboxylic acids is 1. The smallest absolute Gasteiger partial charge is 0.345 e. The molecular weight excluding hydrogens is 527 g/mol. The van der Waals surface area contributed by atoms with E-state index >= 15 is 0 Å². The molecule has 0 bridgehead atoms. The van der Waals surface area contributed by atoms with Crippen LogP contribution in [0.25, 0.3) is 26.9 Å². The Kier molecular flexibility index (Phi) is 6.99. The molecule has 0 saturated carbocycles. The number of ether oxygens (including phenoxy) is 1. The Morgan fingerprint density at radius 2 is 1.84 bits per heavy atom. The number of thiophene rings is 1. The van der Waals surface area contributed by atoms with Crippen molar-refractivity contribution in [2.45, 2.75) is 33.3 Å². The van der Waals surface area contributed by atoms with Gasteiger partial charge in [-0.05, 0) is 76.9 Å². The topological polar surface area (TPSA) is 64.4 Å². The molecule has 5 nitrogen and oxygen atoms in total. The minimum absolute atomic E-state index is 0.242. The molecule has 0 spiro atoms. The average molecular weight is 551 g/mol. The van der Waals surface area contributed by atoms with Crippen molar-refractivity contribution in [3.05, 3.63) is 98.6 Å². The van der Waals surface area contributed by atoms with Crippen molar-refractivity contribution in [1.29, 1.82) is 0 Å². The first-order valence-corrected chi connectivity index (χ1v) is 13.3. The Morgan fingerprint density at radius 3 is 2.51 bits per heavy atom. The first-order valence-electron chi connectivity index (χ1n) is 11.7. The van der Waals surface area contributed by atoms with Gasteiger partial charge in [-0.2, -0.15) is 5.10 Å². The molecule has 0 aliphatic carbocycles. The van der Waals surface area contributed by atoms with E-state index in [0.29, 0.717) is 27.2 Å². The molecule has 0 fully saturated rings. The molecule has 3 aromatic carbocycles. The first-order chi connectivity index (χ1) is 17.7. The monoisotopic (exact) mass is 550 g/mol. The third kappa shape index (κ3) is 4.97. The van der Waals surface area contributed by atoms with Crippen LogP contribution in [-0.2, 0) is 6.61 Å². The number of carbonyl (C=O) groups is 1. The zero-order valence-corrected chi connectivity index (χ0v) is 22.8. The quantitative estimate of drug-likeness (QED) is 0.220. The van der Waals surface area contributed by atoms with Crippen LogP contribution in [0.1, 0.15) is 46.3 Å². The van der Waals surface area contributed by atoms with Crippen molar-refractivity contribution in [2.75, 3.05) is 0 Å². The van der Waals surface area contributed by atoms with E-state index in [1.807, 2.05) is 55.6 Å². The number of hydrogen-bond acceptors (Lipinski definition) is 4. The highest BCUT2D eigenvalue weighted by molar-refractivity contribution is 7.20. The molecule has 0 atom stereocenters. The molecular formula is C29H24Cl2N2O3S. The van der Waals surface area contributed by atoms with E-state index in [1.165, 1.54) is 11.3 Å². The number of aromatic nitrogens is 2. The number of rotatable bonds is 7. The van der Waals surface area contributed by atoms with E-state index in [0.717, 1.165) is 43.8 Å². The number of carboxylic acid groups (broad SMARTS) is 1. The second-order valence-corrected chi connectivity index (χ2v) is 11.0. The van der Waals surface area contributed by atoms with Gasteiger partial charge in [0.05, 0.1) is 21.9 Å². The maximum absolute atomic E-state index is 11.3. The van der Waals surface area contributed by atoms with Gasteiger partial charge in [0.2, 0.25) is 0 Å². The van der Waals surface area contributed by atoms with Gasteiger partial charge in [0.25, 0.3) is 0 Å². The fourth-order valence-electron chi connectivity index (χ4n) is 4.40. The summed E-state index contributed by atoms with van der Waals surface area (Å²) < 4.78 is 8.96. The van der Waals surface area contributed by atoms with E-state index in [4.69, 9.17) is 27.9 Å². The Labute approximate surface area is 228 Å². The lowest BCUT2D eigenvalue weighted by atomic mass is 10.00. The summed E-state index contributed by atoms with van der Waals surface area (Å²) in [6.45, 7) is 6.56. The van der Waals surface area contributed by atoms with Gasteiger partial charge in [0.15, 0.2) is 0 Å². The molecule has 0 aliphatic rings. The predicted octanol–water partition coefficient (Wildman–Crippen LogP) is 8.77. The zero-order valence-electron chi connectivity index (χ0n) is 20.5. The van der Waals surface area contributed by atoms with Gasteiger partial charge >= 0.3 is 5.97 Å². The number of aryl methyl sites for hydroxylation is 1. The lowest BCUT2D eigenvalue weighted by molar-refractivity contribution is 0.0702. The van der Waals surface area contributed by atoms with Crippen molar-refractivity contribution >= 4 is 50.6 Å². The van der Waals surface area contributed by atoms with Crippen LogP contribution in [0.2, 0.25) is 10.0 Å². The van der Waals surface area contributed by atoms with Gasteiger partial charge < -0.3 is 9.84 Å². The molecule has 1 N–H and O–H groups in total. The van der Waals surface area contributed by atoms with Crippen molar-refractivity contribution in [2.24, 2.45) is 0 Å². The summed E-state index contributed by atoms with van der Waals surface area (Å²) in [4.78, 5) is 11.7. The van der Waals surface area contributed by atoms with E-state index in [1.54, 1.807) is 22.9 Å². The van der Waals surface area contributed by atoms with Crippen LogP contribution < -0.4 is 4.74 Å². The summed E-state index contributed by atoms with van der Waals surface area (Å²) in [6.07, 6.45) is 1.84. The Bertz CT molecular complexity index is 1620. The van der Waals surface area contributed by atoms with Crippen LogP contribution in [0.3, 0.4) is 0 Å². The predicted molar refractivity (Wildman–Crippen MR) is 151 cm³/mol. The van der Waals surface area contributed by atoms with Gasteiger partial charge in [-0.25, -0.2) is 9.48 Å². The molecule has 5 aromatic rings. The largest absolute Gasteiger partial charge is 0.487 e. The van der Waals surface area contributed by atoms with Crippen LogP contribution in [0.15, 0.2) is 66.9 Å². The molecule has 37 heavy (non-hydrogen) atoms. The number of halogens is 2. The minimum atomic E-state index is -0.904. The molecule has 0 aliphatic heterocycles. The van der Waals surface area contributed by atoms with Gasteiger partial charge in [0, 0.05) is 4.70 Å². The SMILES string of the molecule is Cc1cc(OCc2c(C(C)C)cnn2-c2c(Cl)cccc2Cl)ccc1-c1ccc2cc(C(=O)O)sc2c1. The molecule has 2 heterocycles. The van der Waals surface area contributed by atoms with Crippen molar-refractivity contribution in [3.8, 4) is 22.6 Å². The molecule has 8 heteroatoms. The third-order valence-corrected chi connectivity index (χ3v) is 7.98. The Morgan fingerprint density at radius 1 is 1.08 bits per heavy atom. The molecule has 0 saturated heterocycles. The molecule has 2 aromatic heterocycles. The minimum Gasteiger partial charge on any atom is -0.487 e. The van der Waals surface area contributed by atoms with E-state index in [9.17, 15) is 9.90 Å². The fraction of sp³-hybridized carbons (Fsp3) is 0.172. The number of benzene rings is 3. The maximum atomic E-state index is 11.3. The van der Waals surface area contributed by atoms with Crippen molar-refractivity contribution < 1.29 is 14.6 Å². The number of fused-ring (bicyclic) bond motifs is 1. The maximum Gasteiger partial charge on any atom is 0.345 e. The zero-order chi connectivity index (χ0) is 26.3. The molecule has 188 valence electrons. The standard InChI is InChI=1S/C29H24Cl2N2O3S/c1-16(2)22-14-32-33(28-23(30)5-4-6-24(28)31)25(22)15-36-20-9-10-21(17(3)11-20)18-7-8-19-13-27(29(34)35)37-26(19)12-18/h4-14,16H,15H2,1-3H3,(H,34,35). The van der Waals surface area contributed by atoms with Crippen LogP contribution in [0.4, 0.5) is 0 Å². The van der Waals surface area contributed by atoms with Crippen LogP contribution in [-0.4, -0.2) is 20.9 Å². The van der Waals surface area contributed by atoms with Gasteiger partial charge in [-0.3, -0.25) is 0 Å². The third-order valence-electron chi connectivity index (χ3n) is 6.29. The van der Waals surface area contributed by atoms with E-state index < -0.39 is 5.97 Å². The second-order valence-electron chi connectivity index (χ2n) is 9.12. The van der Waals surface area contributed by atoms with Crippen molar-refractivity contribution in [3.63, 3.8) is 0 Å². The molecule has 0 radical (unpaired) electrons. The number of nitrogens with zero attached hydrogens (tertiary/aromatic N) is 2. The summed E-state index contributed by atoms with van der Waals surface area (Å²) in [5, 5.41) is 15.9. The summed E-state index contributed by atoms with van der Waals surface area (Å²) in [5.74, 6) is 0.0741. The van der Waals surface area contributed by atoms with Crippen molar-refractivity contribution in [1.82, 2.24) is 9.78 Å². The lowest BCUT2D eigenvalue weighted by Gasteiger charge is -2.15. The van der Waals surface area contributed by atoms with Gasteiger partial charge in [0.1, 0.15) is 22.9 Å². The summed E-state index contributed by atoms with van der Waals surface area (Å²) in [5.41, 5.74) is 5.74. The highest BCUT2D eigenvalue weighted by Gasteiger charge is 2.19. The van der Waals surface area contributed by atoms with Gasteiger partial charge in [-0.15, -0.1) is 11.3 Å². The summed E-state index contributed by atoms with van der Waals surface area (Å²) in [6, 6.07) is 19.1. The second kappa shape index (κ2) is 10.2. The number of hydrogen-bond donors (Lipinski definition) is 1. The fourth-order valence-corrected chi connectivity index (χ4v) is 5.90. The molecule has 5 rings (SSSR count). The highest BCUT2D eigenvalue weighted by Crippen LogP contribution is 2.35. The van der Waals surface area contributed by atoms with Gasteiger partial charge in [-0.1, -0.05) is 61.3 Å². The van der Waals surface area contributed by atoms with E-state index in [-0.39, 0.29) is 5.92 Å². The van der Waals surface area contributed by atoms with Crippen LogP contribution in [0.5, 0.6) is 5.75 Å². The lowest BCUT2D eigenvalue weighted by Crippen LogP contribution is -2.09.